The SMILES string of the molecule is CC(=O)CN(C[C@@H](CC(=O)[C@H](CCCCN)NC(=O)CN(C)S(=O)(=O)Cc1ccccc1)Cc1ccccc1)S(=O)(=O)Cc1ccccc1. The number of unbranched alkanes of at least 4 members (excludes halogenated alkanes) is 1. The molecule has 0 saturated heterocycles. The van der Waals surface area contributed by atoms with E-state index in [1.165, 1.54) is 14.0 Å². The molecule has 0 saturated carbocycles. The van der Waals surface area contributed by atoms with Gasteiger partial charge in [-0.2, -0.15) is 8.61 Å². The van der Waals surface area contributed by atoms with Gasteiger partial charge in [0.2, 0.25) is 26.0 Å². The molecule has 3 aromatic rings. The van der Waals surface area contributed by atoms with Gasteiger partial charge >= 0.3 is 0 Å². The zero-order chi connectivity index (χ0) is 35.9. The fraction of sp³-hybridized carbons (Fsp3) is 0.417. The number of rotatable bonds is 22. The molecule has 0 aliphatic rings. The van der Waals surface area contributed by atoms with Crippen LogP contribution in [0.1, 0.15) is 49.3 Å². The van der Waals surface area contributed by atoms with Crippen molar-refractivity contribution in [1.82, 2.24) is 13.9 Å². The summed E-state index contributed by atoms with van der Waals surface area (Å²) in [7, 11) is -6.45. The first kappa shape index (κ1) is 39.7. The molecular weight excluding hydrogens is 665 g/mol. The van der Waals surface area contributed by atoms with E-state index in [1.54, 1.807) is 60.7 Å². The van der Waals surface area contributed by atoms with Crippen LogP contribution in [0.15, 0.2) is 91.0 Å². The maximum absolute atomic E-state index is 13.9. The molecule has 0 fully saturated rings. The lowest BCUT2D eigenvalue weighted by Crippen LogP contribution is -2.47. The van der Waals surface area contributed by atoms with Crippen molar-refractivity contribution in [1.29, 1.82) is 0 Å². The van der Waals surface area contributed by atoms with Crippen LogP contribution in [0.5, 0.6) is 0 Å². The summed E-state index contributed by atoms with van der Waals surface area (Å²) in [5, 5.41) is 2.74. The van der Waals surface area contributed by atoms with E-state index in [1.807, 2.05) is 30.3 Å². The third kappa shape index (κ3) is 13.9. The van der Waals surface area contributed by atoms with E-state index in [0.29, 0.717) is 36.9 Å². The first-order chi connectivity index (χ1) is 23.3. The number of sulfonamides is 2. The predicted molar refractivity (Wildman–Crippen MR) is 191 cm³/mol. The lowest BCUT2D eigenvalue weighted by molar-refractivity contribution is -0.128. The van der Waals surface area contributed by atoms with Gasteiger partial charge in [0.05, 0.1) is 30.6 Å². The first-order valence-corrected chi connectivity index (χ1v) is 19.6. The van der Waals surface area contributed by atoms with Gasteiger partial charge in [-0.25, -0.2) is 16.8 Å². The van der Waals surface area contributed by atoms with Crippen LogP contribution < -0.4 is 11.1 Å². The van der Waals surface area contributed by atoms with Crippen LogP contribution >= 0.6 is 0 Å². The number of benzene rings is 3. The van der Waals surface area contributed by atoms with E-state index in [2.05, 4.69) is 5.32 Å². The van der Waals surface area contributed by atoms with Gasteiger partial charge in [0.15, 0.2) is 5.78 Å². The fourth-order valence-electron chi connectivity index (χ4n) is 5.51. The summed E-state index contributed by atoms with van der Waals surface area (Å²) < 4.78 is 55.3. The highest BCUT2D eigenvalue weighted by Gasteiger charge is 2.31. The number of hydrogen-bond acceptors (Lipinski definition) is 8. The molecule has 0 aromatic heterocycles. The van der Waals surface area contributed by atoms with Gasteiger partial charge in [-0.1, -0.05) is 91.0 Å². The van der Waals surface area contributed by atoms with E-state index in [0.717, 1.165) is 14.2 Å². The minimum Gasteiger partial charge on any atom is -0.345 e. The van der Waals surface area contributed by atoms with Gasteiger partial charge in [0.1, 0.15) is 5.78 Å². The van der Waals surface area contributed by atoms with Crippen molar-refractivity contribution in [3.8, 4) is 0 Å². The minimum atomic E-state index is -3.95. The van der Waals surface area contributed by atoms with Gasteiger partial charge < -0.3 is 11.1 Å². The second-order valence-electron chi connectivity index (χ2n) is 12.4. The van der Waals surface area contributed by atoms with E-state index in [9.17, 15) is 31.2 Å². The number of ketones is 2. The van der Waals surface area contributed by atoms with Crippen LogP contribution in [0, 0.1) is 5.92 Å². The Hall–Kier alpha value is -3.75. The molecular formula is C36H48N4O7S2. The van der Waals surface area contributed by atoms with Crippen LogP contribution in [-0.4, -0.2) is 82.2 Å². The first-order valence-electron chi connectivity index (χ1n) is 16.3. The molecule has 3 rings (SSSR count). The Bertz CT molecular complexity index is 1710. The van der Waals surface area contributed by atoms with Crippen LogP contribution in [0.4, 0.5) is 0 Å². The average Bonchev–Trinajstić information content (AvgIpc) is 3.04. The van der Waals surface area contributed by atoms with Crippen molar-refractivity contribution in [2.75, 3.05) is 33.2 Å². The number of amides is 1. The highest BCUT2D eigenvalue weighted by Crippen LogP contribution is 2.21. The smallest absolute Gasteiger partial charge is 0.235 e. The largest absolute Gasteiger partial charge is 0.345 e. The van der Waals surface area contributed by atoms with E-state index >= 15 is 0 Å². The molecule has 1 amide bonds. The van der Waals surface area contributed by atoms with Crippen molar-refractivity contribution in [2.24, 2.45) is 11.7 Å². The Balaban J connectivity index is 1.81. The summed E-state index contributed by atoms with van der Waals surface area (Å²) in [6.45, 7) is 0.815. The Labute approximate surface area is 291 Å². The molecule has 0 heterocycles. The van der Waals surface area contributed by atoms with Crippen molar-refractivity contribution in [2.45, 2.75) is 56.6 Å². The third-order valence-electron chi connectivity index (χ3n) is 8.01. The van der Waals surface area contributed by atoms with Crippen LogP contribution in [0.25, 0.3) is 0 Å². The van der Waals surface area contributed by atoms with Crippen molar-refractivity contribution >= 4 is 37.5 Å². The monoisotopic (exact) mass is 712 g/mol. The molecule has 3 aromatic carbocycles. The molecule has 266 valence electrons. The quantitative estimate of drug-likeness (QED) is 0.150. The molecule has 13 heteroatoms. The van der Waals surface area contributed by atoms with E-state index < -0.39 is 44.5 Å². The summed E-state index contributed by atoms with van der Waals surface area (Å²) in [4.78, 5) is 39.4. The van der Waals surface area contributed by atoms with Crippen LogP contribution in [-0.2, 0) is 52.4 Å². The number of nitrogens with one attached hydrogen (secondary N) is 1. The average molecular weight is 713 g/mol. The summed E-state index contributed by atoms with van der Waals surface area (Å²) in [5.74, 6) is -2.38. The van der Waals surface area contributed by atoms with Gasteiger partial charge in [0, 0.05) is 20.0 Å². The molecule has 0 radical (unpaired) electrons. The lowest BCUT2D eigenvalue weighted by atomic mass is 9.90. The number of likely N-dealkylation sites (N-methyl/N-ethyl adjacent to an activating group) is 1. The van der Waals surface area contributed by atoms with Gasteiger partial charge in [-0.15, -0.1) is 0 Å². The number of carbonyl (C=O) groups excluding carboxylic acids is 3. The third-order valence-corrected chi connectivity index (χ3v) is 11.5. The molecule has 49 heavy (non-hydrogen) atoms. The predicted octanol–water partition coefficient (Wildman–Crippen LogP) is 3.30. The Kier molecular flexibility index (Phi) is 15.7. The number of Topliss-reactive ketones (excluding diaryl/α,β-unsaturated/α-hetero) is 2. The zero-order valence-electron chi connectivity index (χ0n) is 28.2. The van der Waals surface area contributed by atoms with Crippen molar-refractivity contribution in [3.05, 3.63) is 108 Å². The molecule has 11 nitrogen and oxygen atoms in total. The number of nitrogens with zero attached hydrogens (tertiary/aromatic N) is 2. The van der Waals surface area contributed by atoms with Gasteiger partial charge in [-0.05, 0) is 61.8 Å². The molecule has 0 spiro atoms. The maximum Gasteiger partial charge on any atom is 0.235 e. The summed E-state index contributed by atoms with van der Waals surface area (Å²) >= 11 is 0. The maximum atomic E-state index is 13.9. The van der Waals surface area contributed by atoms with Crippen LogP contribution in [0.3, 0.4) is 0 Å². The topological polar surface area (TPSA) is 164 Å². The van der Waals surface area contributed by atoms with Crippen LogP contribution in [0.2, 0.25) is 0 Å². The Morgan fingerprint density at radius 1 is 0.735 bits per heavy atom. The van der Waals surface area contributed by atoms with Crippen molar-refractivity contribution < 1.29 is 31.2 Å². The van der Waals surface area contributed by atoms with Gasteiger partial charge in [-0.3, -0.25) is 14.4 Å². The normalized spacial score (nSPS) is 13.2. The second kappa shape index (κ2) is 19.4. The van der Waals surface area contributed by atoms with Crippen molar-refractivity contribution in [3.63, 3.8) is 0 Å². The molecule has 0 bridgehead atoms. The molecule has 0 aliphatic heterocycles. The highest BCUT2D eigenvalue weighted by molar-refractivity contribution is 7.88. The second-order valence-corrected chi connectivity index (χ2v) is 16.4. The summed E-state index contributed by atoms with van der Waals surface area (Å²) in [5.41, 5.74) is 7.73. The number of carbonyl (C=O) groups is 3. The lowest BCUT2D eigenvalue weighted by Gasteiger charge is -2.28. The Morgan fingerprint density at radius 2 is 1.24 bits per heavy atom. The van der Waals surface area contributed by atoms with Gasteiger partial charge in [0.25, 0.3) is 0 Å². The zero-order valence-corrected chi connectivity index (χ0v) is 29.9. The molecule has 3 N–H and O–H groups in total. The van der Waals surface area contributed by atoms with E-state index in [4.69, 9.17) is 5.73 Å². The summed E-state index contributed by atoms with van der Waals surface area (Å²) in [6.07, 6.45) is 1.71. The summed E-state index contributed by atoms with van der Waals surface area (Å²) in [6, 6.07) is 25.7. The highest BCUT2D eigenvalue weighted by atomic mass is 32.2. The molecule has 0 aliphatic carbocycles. The van der Waals surface area contributed by atoms with E-state index in [-0.39, 0.29) is 49.0 Å². The fourth-order valence-corrected chi connectivity index (χ4v) is 8.27. The Morgan fingerprint density at radius 3 is 1.76 bits per heavy atom. The number of hydrogen-bond donors (Lipinski definition) is 2. The number of nitrogens with two attached hydrogens (primary N) is 1. The molecule has 0 unspecified atom stereocenters. The standard InChI is InChI=1S/C36H48N4O7S2/c1-29(41)24-40(49(46,47)28-32-18-10-5-11-19-32)25-33(22-30-14-6-3-7-15-30)23-35(42)34(20-12-13-21-37)38-36(43)26-39(2)48(44,45)27-31-16-8-4-9-17-31/h3-11,14-19,33-34H,12-13,20-28,37H2,1-2H3,(H,38,43)/t33-,34+/m1/s1. The molecule has 2 atom stereocenters. The minimum absolute atomic E-state index is 0.0835.